The number of hydrogen-bond acceptors (Lipinski definition) is 2. The Morgan fingerprint density at radius 1 is 0.840 bits per heavy atom. The summed E-state index contributed by atoms with van der Waals surface area (Å²) in [5.41, 5.74) is 5.21. The number of benzene rings is 3. The smallest absolute Gasteiger partial charge is 0.124 e. The molecule has 0 radical (unpaired) electrons. The number of fused-ring (bicyclic) bond motifs is 4. The number of aryl methyl sites for hydroxylation is 1. The molecule has 0 bridgehead atoms. The standard InChI is InChI=1S/C21H14F2N2/c1-11-7-15-14-9-12(22)3-5-17(14)24-21-16-10-13(23)4-6-18(16)25(2)19(8-11)20(15)21/h3-10H,1-2H3. The van der Waals surface area contributed by atoms with Gasteiger partial charge in [-0.05, 0) is 60.3 Å². The van der Waals surface area contributed by atoms with Crippen molar-refractivity contribution in [3.8, 4) is 11.3 Å². The van der Waals surface area contributed by atoms with E-state index in [2.05, 4.69) is 6.07 Å². The Hall–Kier alpha value is -3.01. The molecule has 0 spiro atoms. The van der Waals surface area contributed by atoms with Crippen molar-refractivity contribution in [2.24, 2.45) is 0 Å². The van der Waals surface area contributed by atoms with Crippen LogP contribution in [0.15, 0.2) is 48.5 Å². The summed E-state index contributed by atoms with van der Waals surface area (Å²) in [6, 6.07) is 13.5. The van der Waals surface area contributed by atoms with Gasteiger partial charge in [0.25, 0.3) is 0 Å². The fourth-order valence-corrected chi connectivity index (χ4v) is 3.81. The van der Waals surface area contributed by atoms with Gasteiger partial charge in [-0.15, -0.1) is 0 Å². The minimum absolute atomic E-state index is 0.289. The molecule has 1 aliphatic heterocycles. The van der Waals surface area contributed by atoms with Gasteiger partial charge in [0.15, 0.2) is 0 Å². The zero-order valence-electron chi connectivity index (χ0n) is 13.8. The van der Waals surface area contributed by atoms with Crippen LogP contribution < -0.4 is 4.90 Å². The summed E-state index contributed by atoms with van der Waals surface area (Å²) in [4.78, 5) is 6.81. The summed E-state index contributed by atoms with van der Waals surface area (Å²) in [5, 5.41) is 2.65. The van der Waals surface area contributed by atoms with Crippen LogP contribution in [-0.4, -0.2) is 12.0 Å². The zero-order valence-corrected chi connectivity index (χ0v) is 13.8. The monoisotopic (exact) mass is 332 g/mol. The van der Waals surface area contributed by atoms with Gasteiger partial charge in [0.05, 0.1) is 22.6 Å². The maximum Gasteiger partial charge on any atom is 0.124 e. The number of nitrogens with zero attached hydrogens (tertiary/aromatic N) is 2. The molecule has 2 heterocycles. The SMILES string of the molecule is Cc1cc2c3c(nc4ccc(F)cc4c3c1)-c1cc(F)ccc1N2C. The number of anilines is 2. The van der Waals surface area contributed by atoms with Gasteiger partial charge < -0.3 is 4.90 Å². The molecule has 0 atom stereocenters. The Morgan fingerprint density at radius 3 is 2.44 bits per heavy atom. The molecule has 0 saturated carbocycles. The third-order valence-electron chi connectivity index (χ3n) is 4.92. The van der Waals surface area contributed by atoms with Crippen molar-refractivity contribution in [3.05, 3.63) is 65.7 Å². The number of halogens is 2. The molecule has 0 fully saturated rings. The van der Waals surface area contributed by atoms with Gasteiger partial charge in [0.2, 0.25) is 0 Å². The summed E-state index contributed by atoms with van der Waals surface area (Å²) in [7, 11) is 1.96. The summed E-state index contributed by atoms with van der Waals surface area (Å²) < 4.78 is 27.8. The Morgan fingerprint density at radius 2 is 1.60 bits per heavy atom. The number of pyridine rings is 1. The lowest BCUT2D eigenvalue weighted by Crippen LogP contribution is -2.16. The van der Waals surface area contributed by atoms with Gasteiger partial charge in [-0.25, -0.2) is 13.8 Å². The first-order valence-electron chi connectivity index (χ1n) is 8.10. The van der Waals surface area contributed by atoms with E-state index in [4.69, 9.17) is 4.98 Å². The molecule has 0 aliphatic carbocycles. The van der Waals surface area contributed by atoms with Crippen LogP contribution in [0.1, 0.15) is 5.56 Å². The normalized spacial score (nSPS) is 12.7. The lowest BCUT2D eigenvalue weighted by Gasteiger charge is -2.30. The topological polar surface area (TPSA) is 16.1 Å². The van der Waals surface area contributed by atoms with Gasteiger partial charge in [-0.2, -0.15) is 0 Å². The van der Waals surface area contributed by atoms with E-state index in [9.17, 15) is 8.78 Å². The van der Waals surface area contributed by atoms with E-state index in [0.29, 0.717) is 5.52 Å². The van der Waals surface area contributed by atoms with E-state index in [-0.39, 0.29) is 11.6 Å². The molecule has 0 amide bonds. The van der Waals surface area contributed by atoms with E-state index >= 15 is 0 Å². The maximum absolute atomic E-state index is 13.9. The first-order valence-corrected chi connectivity index (χ1v) is 8.10. The van der Waals surface area contributed by atoms with Crippen molar-refractivity contribution >= 4 is 33.1 Å². The molecule has 4 heteroatoms. The van der Waals surface area contributed by atoms with Crippen LogP contribution in [0.3, 0.4) is 0 Å². The Labute approximate surface area is 143 Å². The number of rotatable bonds is 0. The Balaban J connectivity index is 2.06. The lowest BCUT2D eigenvalue weighted by atomic mass is 9.92. The minimum atomic E-state index is -0.295. The molecular formula is C21H14F2N2. The van der Waals surface area contributed by atoms with E-state index < -0.39 is 0 Å². The van der Waals surface area contributed by atoms with Crippen molar-refractivity contribution < 1.29 is 8.78 Å². The fourth-order valence-electron chi connectivity index (χ4n) is 3.81. The van der Waals surface area contributed by atoms with Crippen LogP contribution in [0.4, 0.5) is 20.2 Å². The predicted octanol–water partition coefficient (Wildman–Crippen LogP) is 5.72. The zero-order chi connectivity index (χ0) is 17.3. The molecule has 0 N–H and O–H groups in total. The van der Waals surface area contributed by atoms with Gasteiger partial charge in [0, 0.05) is 23.4 Å². The van der Waals surface area contributed by atoms with Crippen molar-refractivity contribution in [3.63, 3.8) is 0 Å². The second kappa shape index (κ2) is 4.76. The lowest BCUT2D eigenvalue weighted by molar-refractivity contribution is 0.628. The summed E-state index contributed by atoms with van der Waals surface area (Å²) in [6.45, 7) is 2.02. The Bertz CT molecular complexity index is 1200. The molecule has 122 valence electrons. The summed E-state index contributed by atoms with van der Waals surface area (Å²) in [6.07, 6.45) is 0. The van der Waals surface area contributed by atoms with E-state index in [1.807, 2.05) is 24.9 Å². The third kappa shape index (κ3) is 1.91. The molecular weight excluding hydrogens is 318 g/mol. The average Bonchev–Trinajstić information content (AvgIpc) is 2.59. The van der Waals surface area contributed by atoms with Crippen molar-refractivity contribution in [1.29, 1.82) is 0 Å². The number of aromatic nitrogens is 1. The van der Waals surface area contributed by atoms with Crippen molar-refractivity contribution in [1.82, 2.24) is 4.98 Å². The van der Waals surface area contributed by atoms with Gasteiger partial charge in [-0.3, -0.25) is 0 Å². The highest BCUT2D eigenvalue weighted by Gasteiger charge is 2.25. The summed E-state index contributed by atoms with van der Waals surface area (Å²) in [5.74, 6) is -0.583. The largest absolute Gasteiger partial charge is 0.343 e. The van der Waals surface area contributed by atoms with Crippen LogP contribution in [0, 0.1) is 18.6 Å². The molecule has 0 unspecified atom stereocenters. The predicted molar refractivity (Wildman–Crippen MR) is 97.4 cm³/mol. The van der Waals surface area contributed by atoms with E-state index in [1.54, 1.807) is 12.1 Å². The van der Waals surface area contributed by atoms with Crippen LogP contribution in [0.2, 0.25) is 0 Å². The quantitative estimate of drug-likeness (QED) is 0.383. The third-order valence-corrected chi connectivity index (χ3v) is 4.92. The molecule has 25 heavy (non-hydrogen) atoms. The van der Waals surface area contributed by atoms with Gasteiger partial charge >= 0.3 is 0 Å². The van der Waals surface area contributed by atoms with Crippen molar-refractivity contribution in [2.45, 2.75) is 6.92 Å². The molecule has 3 aromatic carbocycles. The summed E-state index contributed by atoms with van der Waals surface area (Å²) >= 11 is 0. The van der Waals surface area contributed by atoms with Crippen LogP contribution in [0.5, 0.6) is 0 Å². The highest BCUT2D eigenvalue weighted by Crippen LogP contribution is 2.48. The highest BCUT2D eigenvalue weighted by molar-refractivity contribution is 6.19. The molecule has 2 nitrogen and oxygen atoms in total. The molecule has 5 rings (SSSR count). The first-order chi connectivity index (χ1) is 12.0. The fraction of sp³-hybridized carbons (Fsp3) is 0.0952. The second-order valence-corrected chi connectivity index (χ2v) is 6.55. The minimum Gasteiger partial charge on any atom is -0.343 e. The Kier molecular flexibility index (Phi) is 2.73. The van der Waals surface area contributed by atoms with E-state index in [0.717, 1.165) is 44.4 Å². The van der Waals surface area contributed by atoms with E-state index in [1.165, 1.54) is 24.3 Å². The molecule has 0 saturated heterocycles. The van der Waals surface area contributed by atoms with Gasteiger partial charge in [-0.1, -0.05) is 6.07 Å². The second-order valence-electron chi connectivity index (χ2n) is 6.55. The van der Waals surface area contributed by atoms with Gasteiger partial charge in [0.1, 0.15) is 11.6 Å². The maximum atomic E-state index is 13.9. The van der Waals surface area contributed by atoms with Crippen molar-refractivity contribution in [2.75, 3.05) is 11.9 Å². The first kappa shape index (κ1) is 14.3. The van der Waals surface area contributed by atoms with Crippen LogP contribution >= 0.6 is 0 Å². The van der Waals surface area contributed by atoms with Crippen LogP contribution in [-0.2, 0) is 0 Å². The molecule has 4 aromatic rings. The average molecular weight is 332 g/mol. The van der Waals surface area contributed by atoms with Crippen LogP contribution in [0.25, 0.3) is 32.9 Å². The molecule has 1 aliphatic rings. The molecule has 1 aromatic heterocycles. The highest BCUT2D eigenvalue weighted by atomic mass is 19.1. The number of hydrogen-bond donors (Lipinski definition) is 0.